The maximum atomic E-state index is 5.49. The summed E-state index contributed by atoms with van der Waals surface area (Å²) < 4.78 is 0. The molecule has 0 aromatic carbocycles. The van der Waals surface area contributed by atoms with E-state index in [1.54, 1.807) is 0 Å². The van der Waals surface area contributed by atoms with Crippen LogP contribution in [0.4, 0.5) is 0 Å². The fourth-order valence-corrected chi connectivity index (χ4v) is 0.596. The lowest BCUT2D eigenvalue weighted by Gasteiger charge is -2.05. The SMILES string of the molecule is C#CC(N)CCC(C)C. The maximum absolute atomic E-state index is 5.49. The average Bonchev–Trinajstić information content (AvgIpc) is 1.83. The molecule has 0 fully saturated rings. The maximum Gasteiger partial charge on any atom is 0.0662 e. The van der Waals surface area contributed by atoms with Crippen molar-refractivity contribution in [1.29, 1.82) is 0 Å². The van der Waals surface area contributed by atoms with Crippen molar-refractivity contribution in [1.82, 2.24) is 0 Å². The molecular weight excluding hydrogens is 110 g/mol. The number of hydrogen-bond donors (Lipinski definition) is 1. The van der Waals surface area contributed by atoms with Crippen molar-refractivity contribution in [3.05, 3.63) is 0 Å². The van der Waals surface area contributed by atoms with Crippen LogP contribution in [0.5, 0.6) is 0 Å². The molecule has 0 heterocycles. The Morgan fingerprint density at radius 3 is 2.33 bits per heavy atom. The van der Waals surface area contributed by atoms with E-state index in [9.17, 15) is 0 Å². The van der Waals surface area contributed by atoms with Gasteiger partial charge in [-0.2, -0.15) is 0 Å². The van der Waals surface area contributed by atoms with E-state index in [2.05, 4.69) is 19.8 Å². The van der Waals surface area contributed by atoms with Crippen LogP contribution in [0.3, 0.4) is 0 Å². The van der Waals surface area contributed by atoms with Crippen LogP contribution in [0.15, 0.2) is 0 Å². The highest BCUT2D eigenvalue weighted by Gasteiger charge is 1.98. The largest absolute Gasteiger partial charge is 0.318 e. The molecule has 9 heavy (non-hydrogen) atoms. The van der Waals surface area contributed by atoms with E-state index in [1.165, 1.54) is 0 Å². The van der Waals surface area contributed by atoms with Gasteiger partial charge in [-0.1, -0.05) is 19.8 Å². The van der Waals surface area contributed by atoms with Crippen LogP contribution in [0.25, 0.3) is 0 Å². The van der Waals surface area contributed by atoms with E-state index in [-0.39, 0.29) is 6.04 Å². The first-order valence-electron chi connectivity index (χ1n) is 3.38. The third-order valence-corrected chi connectivity index (χ3v) is 1.27. The van der Waals surface area contributed by atoms with Gasteiger partial charge < -0.3 is 5.73 Å². The molecular formula is C8H15N. The minimum Gasteiger partial charge on any atom is -0.318 e. The molecule has 0 spiro atoms. The lowest BCUT2D eigenvalue weighted by Crippen LogP contribution is -2.17. The van der Waals surface area contributed by atoms with Crippen molar-refractivity contribution in [2.24, 2.45) is 11.7 Å². The summed E-state index contributed by atoms with van der Waals surface area (Å²) in [5.74, 6) is 3.21. The minimum absolute atomic E-state index is 0.0348. The van der Waals surface area contributed by atoms with Crippen molar-refractivity contribution in [2.75, 3.05) is 0 Å². The zero-order chi connectivity index (χ0) is 7.28. The summed E-state index contributed by atoms with van der Waals surface area (Å²) in [6, 6.07) is -0.0348. The van der Waals surface area contributed by atoms with Gasteiger partial charge in [-0.25, -0.2) is 0 Å². The molecule has 2 N–H and O–H groups in total. The van der Waals surface area contributed by atoms with Gasteiger partial charge in [0.1, 0.15) is 0 Å². The van der Waals surface area contributed by atoms with Crippen molar-refractivity contribution in [3.63, 3.8) is 0 Å². The Morgan fingerprint density at radius 2 is 2.00 bits per heavy atom. The lowest BCUT2D eigenvalue weighted by atomic mass is 10.0. The molecule has 0 aliphatic carbocycles. The van der Waals surface area contributed by atoms with Gasteiger partial charge in [0.2, 0.25) is 0 Å². The van der Waals surface area contributed by atoms with Crippen LogP contribution in [-0.4, -0.2) is 6.04 Å². The van der Waals surface area contributed by atoms with Crippen molar-refractivity contribution in [3.8, 4) is 12.3 Å². The smallest absolute Gasteiger partial charge is 0.0662 e. The Hall–Kier alpha value is -0.480. The summed E-state index contributed by atoms with van der Waals surface area (Å²) in [4.78, 5) is 0. The quantitative estimate of drug-likeness (QED) is 0.567. The number of terminal acetylenes is 1. The van der Waals surface area contributed by atoms with E-state index >= 15 is 0 Å². The van der Waals surface area contributed by atoms with Gasteiger partial charge in [0.15, 0.2) is 0 Å². The third kappa shape index (κ3) is 5.39. The fourth-order valence-electron chi connectivity index (χ4n) is 0.596. The molecule has 1 unspecified atom stereocenters. The van der Waals surface area contributed by atoms with Gasteiger partial charge in [-0.15, -0.1) is 6.42 Å². The average molecular weight is 125 g/mol. The molecule has 0 saturated carbocycles. The summed E-state index contributed by atoms with van der Waals surface area (Å²) in [5, 5.41) is 0. The minimum atomic E-state index is -0.0348. The van der Waals surface area contributed by atoms with Gasteiger partial charge in [0, 0.05) is 0 Å². The second-order valence-electron chi connectivity index (χ2n) is 2.74. The Bertz CT molecular complexity index is 99.6. The summed E-state index contributed by atoms with van der Waals surface area (Å²) in [5.41, 5.74) is 5.49. The van der Waals surface area contributed by atoms with E-state index in [0.717, 1.165) is 12.8 Å². The summed E-state index contributed by atoms with van der Waals surface area (Å²) in [7, 11) is 0. The van der Waals surface area contributed by atoms with E-state index in [0.29, 0.717) is 5.92 Å². The lowest BCUT2D eigenvalue weighted by molar-refractivity contribution is 0.537. The van der Waals surface area contributed by atoms with Crippen molar-refractivity contribution in [2.45, 2.75) is 32.7 Å². The monoisotopic (exact) mass is 125 g/mol. The Balaban J connectivity index is 3.19. The molecule has 0 amide bonds. The molecule has 1 nitrogen and oxygen atoms in total. The van der Waals surface area contributed by atoms with E-state index < -0.39 is 0 Å². The zero-order valence-corrected chi connectivity index (χ0v) is 6.22. The van der Waals surface area contributed by atoms with E-state index in [4.69, 9.17) is 12.2 Å². The normalized spacial score (nSPS) is 13.2. The predicted molar refractivity (Wildman–Crippen MR) is 40.9 cm³/mol. The van der Waals surface area contributed by atoms with Crippen molar-refractivity contribution < 1.29 is 0 Å². The van der Waals surface area contributed by atoms with Gasteiger partial charge in [-0.3, -0.25) is 0 Å². The molecule has 0 aromatic heterocycles. The number of hydrogen-bond acceptors (Lipinski definition) is 1. The molecule has 1 atom stereocenters. The Kier molecular flexibility index (Phi) is 4.17. The second kappa shape index (κ2) is 4.40. The molecule has 0 bridgehead atoms. The standard InChI is InChI=1S/C8H15N/c1-4-8(9)6-5-7(2)3/h1,7-8H,5-6,9H2,2-3H3. The fraction of sp³-hybridized carbons (Fsp3) is 0.750. The summed E-state index contributed by atoms with van der Waals surface area (Å²) in [6.07, 6.45) is 7.17. The Morgan fingerprint density at radius 1 is 1.44 bits per heavy atom. The van der Waals surface area contributed by atoms with Gasteiger partial charge in [-0.05, 0) is 18.8 Å². The first kappa shape index (κ1) is 8.52. The third-order valence-electron chi connectivity index (χ3n) is 1.27. The van der Waals surface area contributed by atoms with Crippen LogP contribution in [0, 0.1) is 18.3 Å². The first-order valence-corrected chi connectivity index (χ1v) is 3.38. The van der Waals surface area contributed by atoms with Gasteiger partial charge in [0.05, 0.1) is 6.04 Å². The van der Waals surface area contributed by atoms with Crippen molar-refractivity contribution >= 4 is 0 Å². The highest BCUT2D eigenvalue weighted by molar-refractivity contribution is 4.96. The van der Waals surface area contributed by atoms with Crippen LogP contribution < -0.4 is 5.73 Å². The molecule has 1 heteroatoms. The zero-order valence-electron chi connectivity index (χ0n) is 6.22. The van der Waals surface area contributed by atoms with E-state index in [1.807, 2.05) is 0 Å². The van der Waals surface area contributed by atoms with Crippen LogP contribution in [0.2, 0.25) is 0 Å². The molecule has 52 valence electrons. The van der Waals surface area contributed by atoms with Gasteiger partial charge in [0.25, 0.3) is 0 Å². The molecule has 0 rings (SSSR count). The Labute approximate surface area is 57.6 Å². The highest BCUT2D eigenvalue weighted by atomic mass is 14.6. The van der Waals surface area contributed by atoms with Crippen LogP contribution >= 0.6 is 0 Å². The molecule has 0 aliphatic rings. The molecule has 0 saturated heterocycles. The summed E-state index contributed by atoms with van der Waals surface area (Å²) in [6.45, 7) is 4.34. The molecule has 0 aliphatic heterocycles. The second-order valence-corrected chi connectivity index (χ2v) is 2.74. The topological polar surface area (TPSA) is 26.0 Å². The first-order chi connectivity index (χ1) is 4.16. The molecule has 0 aromatic rings. The number of nitrogens with two attached hydrogens (primary N) is 1. The van der Waals surface area contributed by atoms with Gasteiger partial charge >= 0.3 is 0 Å². The highest BCUT2D eigenvalue weighted by Crippen LogP contribution is 2.04. The number of rotatable bonds is 3. The summed E-state index contributed by atoms with van der Waals surface area (Å²) >= 11 is 0. The molecule has 0 radical (unpaired) electrons. The van der Waals surface area contributed by atoms with Crippen LogP contribution in [0.1, 0.15) is 26.7 Å². The predicted octanol–water partition coefficient (Wildman–Crippen LogP) is 1.38. The van der Waals surface area contributed by atoms with Crippen LogP contribution in [-0.2, 0) is 0 Å².